The molecule has 0 aliphatic heterocycles. The Hall–Kier alpha value is -0.450. The van der Waals surface area contributed by atoms with E-state index in [1.54, 1.807) is 18.0 Å². The first-order valence-corrected chi connectivity index (χ1v) is 5.96. The maximum Gasteiger partial charge on any atom is 0.113 e. The number of hydrogen-bond acceptors (Lipinski definition) is 4. The molecule has 0 amide bonds. The third kappa shape index (κ3) is 4.17. The average molecular weight is 215 g/mol. The van der Waals surface area contributed by atoms with Gasteiger partial charge >= 0.3 is 0 Å². The molecule has 0 saturated heterocycles. The van der Waals surface area contributed by atoms with Crippen LogP contribution in [0.1, 0.15) is 12.7 Å². The third-order valence-corrected chi connectivity index (χ3v) is 2.98. The predicted octanol–water partition coefficient (Wildman–Crippen LogP) is 1.48. The van der Waals surface area contributed by atoms with E-state index in [-0.39, 0.29) is 12.6 Å². The second kappa shape index (κ2) is 6.92. The maximum atomic E-state index is 9.02. The van der Waals surface area contributed by atoms with Crippen LogP contribution in [0.2, 0.25) is 0 Å². The molecule has 1 atom stereocenters. The zero-order valence-corrected chi connectivity index (χ0v) is 9.22. The number of nitrogens with one attached hydrogen (secondary N) is 1. The number of likely N-dealkylation sites (N-methyl/N-ethyl adjacent to an activating group) is 1. The molecule has 0 bridgehead atoms. The van der Waals surface area contributed by atoms with Gasteiger partial charge in [-0.05, 0) is 18.7 Å². The Morgan fingerprint density at radius 2 is 2.50 bits per heavy atom. The first kappa shape index (κ1) is 11.6. The van der Waals surface area contributed by atoms with E-state index in [1.165, 1.54) is 0 Å². The molecule has 80 valence electrons. The highest BCUT2D eigenvalue weighted by Gasteiger charge is 2.05. The van der Waals surface area contributed by atoms with Gasteiger partial charge in [0, 0.05) is 11.8 Å². The van der Waals surface area contributed by atoms with Gasteiger partial charge in [-0.2, -0.15) is 11.8 Å². The van der Waals surface area contributed by atoms with Crippen molar-refractivity contribution in [1.29, 1.82) is 0 Å². The van der Waals surface area contributed by atoms with Crippen LogP contribution in [0.3, 0.4) is 0 Å². The lowest BCUT2D eigenvalue weighted by Gasteiger charge is -2.13. The summed E-state index contributed by atoms with van der Waals surface area (Å²) in [6, 6.07) is 4.05. The van der Waals surface area contributed by atoms with Gasteiger partial charge in [0.1, 0.15) is 5.76 Å². The van der Waals surface area contributed by atoms with E-state index < -0.39 is 0 Å². The molecular weight excluding hydrogens is 198 g/mol. The van der Waals surface area contributed by atoms with Gasteiger partial charge in [-0.25, -0.2) is 0 Å². The summed E-state index contributed by atoms with van der Waals surface area (Å²) in [6.07, 6.45) is 1.68. The number of rotatable bonds is 7. The first-order chi connectivity index (χ1) is 6.86. The molecule has 0 aliphatic rings. The van der Waals surface area contributed by atoms with E-state index in [1.807, 2.05) is 19.1 Å². The van der Waals surface area contributed by atoms with E-state index in [2.05, 4.69) is 5.32 Å². The highest BCUT2D eigenvalue weighted by Crippen LogP contribution is 2.13. The van der Waals surface area contributed by atoms with Crippen LogP contribution in [-0.2, 0) is 5.75 Å². The van der Waals surface area contributed by atoms with Gasteiger partial charge in [0.05, 0.1) is 18.6 Å². The zero-order valence-electron chi connectivity index (χ0n) is 8.40. The summed E-state index contributed by atoms with van der Waals surface area (Å²) in [5.41, 5.74) is 0. The maximum absolute atomic E-state index is 9.02. The molecule has 3 nitrogen and oxygen atoms in total. The molecule has 1 heterocycles. The lowest BCUT2D eigenvalue weighted by Crippen LogP contribution is -2.34. The van der Waals surface area contributed by atoms with E-state index in [0.717, 1.165) is 23.8 Å². The Bertz CT molecular complexity index is 226. The molecule has 1 rings (SSSR count). The number of thioether (sulfide) groups is 1. The molecule has 14 heavy (non-hydrogen) atoms. The van der Waals surface area contributed by atoms with E-state index in [4.69, 9.17) is 9.52 Å². The van der Waals surface area contributed by atoms with Gasteiger partial charge in [0.25, 0.3) is 0 Å². The summed E-state index contributed by atoms with van der Waals surface area (Å²) in [5, 5.41) is 12.2. The lowest BCUT2D eigenvalue weighted by molar-refractivity contribution is 0.255. The summed E-state index contributed by atoms with van der Waals surface area (Å²) in [4.78, 5) is 0. The van der Waals surface area contributed by atoms with Crippen LogP contribution in [0.15, 0.2) is 22.8 Å². The van der Waals surface area contributed by atoms with Crippen molar-refractivity contribution in [3.63, 3.8) is 0 Å². The number of hydrogen-bond donors (Lipinski definition) is 2. The Morgan fingerprint density at radius 1 is 1.64 bits per heavy atom. The summed E-state index contributed by atoms with van der Waals surface area (Å²) in [5.74, 6) is 2.77. The monoisotopic (exact) mass is 215 g/mol. The molecule has 0 radical (unpaired) electrons. The molecule has 1 aromatic rings. The van der Waals surface area contributed by atoms with Crippen molar-refractivity contribution in [2.75, 3.05) is 18.9 Å². The Morgan fingerprint density at radius 3 is 3.07 bits per heavy atom. The Kier molecular flexibility index (Phi) is 5.75. The average Bonchev–Trinajstić information content (AvgIpc) is 2.69. The van der Waals surface area contributed by atoms with Crippen LogP contribution < -0.4 is 5.32 Å². The van der Waals surface area contributed by atoms with E-state index in [0.29, 0.717) is 0 Å². The topological polar surface area (TPSA) is 45.4 Å². The molecule has 0 saturated carbocycles. The quantitative estimate of drug-likeness (QED) is 0.723. The van der Waals surface area contributed by atoms with Crippen molar-refractivity contribution in [3.8, 4) is 0 Å². The van der Waals surface area contributed by atoms with Crippen LogP contribution in [-0.4, -0.2) is 30.1 Å². The normalized spacial score (nSPS) is 13.0. The van der Waals surface area contributed by atoms with Crippen molar-refractivity contribution in [2.45, 2.75) is 18.7 Å². The van der Waals surface area contributed by atoms with E-state index in [9.17, 15) is 0 Å². The summed E-state index contributed by atoms with van der Waals surface area (Å²) in [6.45, 7) is 3.13. The van der Waals surface area contributed by atoms with Crippen molar-refractivity contribution >= 4 is 11.8 Å². The SMILES string of the molecule is CCNC(CO)CSCc1ccco1. The first-order valence-electron chi connectivity index (χ1n) is 4.81. The highest BCUT2D eigenvalue weighted by atomic mass is 32.2. The molecular formula is C10H17NO2S. The van der Waals surface area contributed by atoms with Crippen LogP contribution in [0.4, 0.5) is 0 Å². The predicted molar refractivity (Wildman–Crippen MR) is 59.4 cm³/mol. The minimum Gasteiger partial charge on any atom is -0.468 e. The van der Waals surface area contributed by atoms with Crippen molar-refractivity contribution < 1.29 is 9.52 Å². The number of aliphatic hydroxyl groups is 1. The highest BCUT2D eigenvalue weighted by molar-refractivity contribution is 7.98. The molecule has 0 spiro atoms. The van der Waals surface area contributed by atoms with Crippen LogP contribution in [0, 0.1) is 0 Å². The molecule has 1 unspecified atom stereocenters. The van der Waals surface area contributed by atoms with Gasteiger partial charge in [0.15, 0.2) is 0 Å². The van der Waals surface area contributed by atoms with Crippen molar-refractivity contribution in [2.24, 2.45) is 0 Å². The molecule has 2 N–H and O–H groups in total. The summed E-state index contributed by atoms with van der Waals surface area (Å²) in [7, 11) is 0. The van der Waals surface area contributed by atoms with Gasteiger partial charge < -0.3 is 14.8 Å². The number of aliphatic hydroxyl groups excluding tert-OH is 1. The smallest absolute Gasteiger partial charge is 0.113 e. The minimum atomic E-state index is 0.193. The third-order valence-electron chi connectivity index (χ3n) is 1.86. The minimum absolute atomic E-state index is 0.193. The summed E-state index contributed by atoms with van der Waals surface area (Å²) >= 11 is 1.77. The largest absolute Gasteiger partial charge is 0.468 e. The zero-order chi connectivity index (χ0) is 10.2. The lowest BCUT2D eigenvalue weighted by atomic mass is 10.3. The van der Waals surface area contributed by atoms with Crippen LogP contribution >= 0.6 is 11.8 Å². The Labute approximate surface area is 88.9 Å². The number of furan rings is 1. The fourth-order valence-corrected chi connectivity index (χ4v) is 2.15. The van der Waals surface area contributed by atoms with Crippen molar-refractivity contribution in [3.05, 3.63) is 24.2 Å². The molecule has 0 aliphatic carbocycles. The van der Waals surface area contributed by atoms with Crippen LogP contribution in [0.5, 0.6) is 0 Å². The van der Waals surface area contributed by atoms with Crippen molar-refractivity contribution in [1.82, 2.24) is 5.32 Å². The molecule has 4 heteroatoms. The molecule has 0 fully saturated rings. The molecule has 0 aromatic carbocycles. The second-order valence-corrected chi connectivity index (χ2v) is 4.06. The fourth-order valence-electron chi connectivity index (χ4n) is 1.16. The van der Waals surface area contributed by atoms with Gasteiger partial charge in [-0.3, -0.25) is 0 Å². The van der Waals surface area contributed by atoms with Gasteiger partial charge in [-0.1, -0.05) is 6.92 Å². The summed E-state index contributed by atoms with van der Waals surface area (Å²) < 4.78 is 5.21. The standard InChI is InChI=1S/C10H17NO2S/c1-2-11-9(6-12)7-14-8-10-4-3-5-13-10/h3-5,9,11-12H,2,6-8H2,1H3. The van der Waals surface area contributed by atoms with Gasteiger partial charge in [0.2, 0.25) is 0 Å². The van der Waals surface area contributed by atoms with Crippen LogP contribution in [0.25, 0.3) is 0 Å². The van der Waals surface area contributed by atoms with E-state index >= 15 is 0 Å². The fraction of sp³-hybridized carbons (Fsp3) is 0.600. The second-order valence-electron chi connectivity index (χ2n) is 3.03. The molecule has 1 aromatic heterocycles. The Balaban J connectivity index is 2.13. The van der Waals surface area contributed by atoms with Gasteiger partial charge in [-0.15, -0.1) is 0 Å².